The lowest BCUT2D eigenvalue weighted by molar-refractivity contribution is -0.117. The summed E-state index contributed by atoms with van der Waals surface area (Å²) in [6.45, 7) is 3.11. The van der Waals surface area contributed by atoms with Crippen molar-refractivity contribution in [2.45, 2.75) is 19.9 Å². The molecule has 3 heterocycles. The maximum atomic E-state index is 13.6. The molecule has 1 atom stereocenters. The van der Waals surface area contributed by atoms with Gasteiger partial charge < -0.3 is 9.52 Å². The maximum absolute atomic E-state index is 13.6. The molecule has 164 valence electrons. The molecule has 0 bridgehead atoms. The van der Waals surface area contributed by atoms with Gasteiger partial charge >= 0.3 is 0 Å². The zero-order valence-electron chi connectivity index (χ0n) is 17.7. The van der Waals surface area contributed by atoms with Crippen LogP contribution in [-0.4, -0.2) is 27.6 Å². The Morgan fingerprint density at radius 1 is 1.09 bits per heavy atom. The summed E-state index contributed by atoms with van der Waals surface area (Å²) < 4.78 is 5.72. The molecule has 8 heteroatoms. The average Bonchev–Trinajstić information content (AvgIpc) is 3.48. The number of nitrogens with zero attached hydrogens (tertiary/aromatic N) is 2. The van der Waals surface area contributed by atoms with Gasteiger partial charge in [0.05, 0.1) is 22.2 Å². The van der Waals surface area contributed by atoms with Crippen LogP contribution in [0.25, 0.3) is 11.0 Å². The molecule has 1 aliphatic rings. The van der Waals surface area contributed by atoms with Gasteiger partial charge in [0.1, 0.15) is 5.58 Å². The second-order valence-corrected chi connectivity index (χ2v) is 8.67. The summed E-state index contributed by atoms with van der Waals surface area (Å²) in [4.78, 5) is 44.8. The average molecular weight is 458 g/mol. The van der Waals surface area contributed by atoms with Crippen LogP contribution in [-0.2, 0) is 4.79 Å². The monoisotopic (exact) mass is 458 g/mol. The summed E-state index contributed by atoms with van der Waals surface area (Å²) in [5.41, 5.74) is 1.53. The molecule has 4 aromatic rings. The predicted octanol–water partition coefficient (Wildman–Crippen LogP) is 5.18. The van der Waals surface area contributed by atoms with E-state index in [9.17, 15) is 19.5 Å². The molecule has 0 unspecified atom stereocenters. The van der Waals surface area contributed by atoms with E-state index in [-0.39, 0.29) is 22.2 Å². The number of carbonyl (C=O) groups excluding carboxylic acids is 3. The number of benzene rings is 2. The molecule has 0 saturated heterocycles. The smallest absolute Gasteiger partial charge is 0.296 e. The van der Waals surface area contributed by atoms with Crippen LogP contribution in [0, 0.1) is 6.92 Å². The predicted molar refractivity (Wildman–Crippen MR) is 124 cm³/mol. The number of rotatable bonds is 5. The van der Waals surface area contributed by atoms with Crippen LogP contribution in [0.15, 0.2) is 76.4 Å². The SMILES string of the molecule is CC(=O)c1sc(N2C(=O)C(O)=C(C(=O)c3cc4ccccc4o3)[C@H]2c2ccccc2)nc1C. The fraction of sp³-hybridized carbons (Fsp3) is 0.120. The molecule has 1 amide bonds. The van der Waals surface area contributed by atoms with Gasteiger partial charge in [0.15, 0.2) is 22.4 Å². The molecule has 33 heavy (non-hydrogen) atoms. The van der Waals surface area contributed by atoms with Gasteiger partial charge in [-0.1, -0.05) is 59.9 Å². The van der Waals surface area contributed by atoms with Crippen LogP contribution in [0.5, 0.6) is 0 Å². The topological polar surface area (TPSA) is 101 Å². The molecule has 0 fully saturated rings. The number of aliphatic hydroxyl groups excluding tert-OH is 1. The second-order valence-electron chi connectivity index (χ2n) is 7.70. The van der Waals surface area contributed by atoms with Crippen molar-refractivity contribution in [3.05, 3.63) is 93.9 Å². The highest BCUT2D eigenvalue weighted by atomic mass is 32.1. The fourth-order valence-electron chi connectivity index (χ4n) is 4.02. The number of hydrogen-bond donors (Lipinski definition) is 1. The lowest BCUT2D eigenvalue weighted by Gasteiger charge is -2.24. The molecule has 5 rings (SSSR count). The lowest BCUT2D eigenvalue weighted by atomic mass is 9.95. The molecule has 2 aromatic heterocycles. The Labute approximate surface area is 192 Å². The van der Waals surface area contributed by atoms with Crippen molar-refractivity contribution in [3.63, 3.8) is 0 Å². The number of aliphatic hydroxyl groups is 1. The molecule has 0 spiro atoms. The number of Topliss-reactive ketones (excluding diaryl/α,β-unsaturated/α-hetero) is 2. The third-order valence-electron chi connectivity index (χ3n) is 5.53. The Morgan fingerprint density at radius 3 is 2.45 bits per heavy atom. The Kier molecular flexibility index (Phi) is 4.94. The van der Waals surface area contributed by atoms with Crippen molar-refractivity contribution in [2.75, 3.05) is 4.90 Å². The van der Waals surface area contributed by atoms with E-state index in [1.54, 1.807) is 49.4 Å². The zero-order valence-corrected chi connectivity index (χ0v) is 18.6. The van der Waals surface area contributed by atoms with Crippen molar-refractivity contribution in [3.8, 4) is 0 Å². The van der Waals surface area contributed by atoms with E-state index in [1.165, 1.54) is 11.8 Å². The van der Waals surface area contributed by atoms with Gasteiger partial charge in [0.2, 0.25) is 5.78 Å². The Balaban J connectivity index is 1.66. The van der Waals surface area contributed by atoms with Crippen molar-refractivity contribution >= 4 is 44.9 Å². The molecular formula is C25H18N2O5S. The summed E-state index contributed by atoms with van der Waals surface area (Å²) in [5, 5.41) is 11.8. The van der Waals surface area contributed by atoms with Crippen molar-refractivity contribution < 1.29 is 23.9 Å². The van der Waals surface area contributed by atoms with E-state index < -0.39 is 23.5 Å². The number of carbonyl (C=O) groups is 3. The van der Waals surface area contributed by atoms with Crippen LogP contribution in [0.2, 0.25) is 0 Å². The third kappa shape index (κ3) is 3.35. The lowest BCUT2D eigenvalue weighted by Crippen LogP contribution is -2.31. The van der Waals surface area contributed by atoms with E-state index in [0.717, 1.165) is 16.7 Å². The van der Waals surface area contributed by atoms with Crippen molar-refractivity contribution in [2.24, 2.45) is 0 Å². The number of ketones is 2. The van der Waals surface area contributed by atoms with Crippen LogP contribution < -0.4 is 4.90 Å². The number of anilines is 1. The summed E-state index contributed by atoms with van der Waals surface area (Å²) >= 11 is 1.05. The highest BCUT2D eigenvalue weighted by Crippen LogP contribution is 2.44. The maximum Gasteiger partial charge on any atom is 0.296 e. The molecular weight excluding hydrogens is 440 g/mol. The van der Waals surface area contributed by atoms with Gasteiger partial charge in [0.25, 0.3) is 5.91 Å². The molecule has 7 nitrogen and oxygen atoms in total. The van der Waals surface area contributed by atoms with Gasteiger partial charge in [-0.15, -0.1) is 0 Å². The fourth-order valence-corrected chi connectivity index (χ4v) is 5.01. The summed E-state index contributed by atoms with van der Waals surface area (Å²) in [7, 11) is 0. The van der Waals surface area contributed by atoms with Gasteiger partial charge in [-0.2, -0.15) is 0 Å². The minimum atomic E-state index is -0.926. The van der Waals surface area contributed by atoms with Gasteiger partial charge in [-0.25, -0.2) is 4.98 Å². The quantitative estimate of drug-likeness (QED) is 0.414. The third-order valence-corrected chi connectivity index (χ3v) is 6.79. The Morgan fingerprint density at radius 2 is 1.79 bits per heavy atom. The van der Waals surface area contributed by atoms with Gasteiger partial charge in [-0.05, 0) is 24.6 Å². The first-order chi connectivity index (χ1) is 15.9. The highest BCUT2D eigenvalue weighted by molar-refractivity contribution is 7.17. The first-order valence-corrected chi connectivity index (χ1v) is 11.0. The van der Waals surface area contributed by atoms with E-state index in [2.05, 4.69) is 4.98 Å². The first-order valence-electron chi connectivity index (χ1n) is 10.2. The van der Waals surface area contributed by atoms with E-state index in [1.807, 2.05) is 18.2 Å². The summed E-state index contributed by atoms with van der Waals surface area (Å²) in [5.74, 6) is -2.16. The standard InChI is InChI=1S/C25H18N2O5S/c1-13-23(14(2)28)33-25(26-13)27-20(15-8-4-3-5-9-15)19(22(30)24(27)31)21(29)18-12-16-10-6-7-11-17(16)32-18/h3-12,20,30H,1-2H3/t20-/m1/s1. The second kappa shape index (κ2) is 7.83. The first kappa shape index (κ1) is 20.8. The normalized spacial score (nSPS) is 16.1. The molecule has 2 aromatic carbocycles. The van der Waals surface area contributed by atoms with Crippen LogP contribution in [0.3, 0.4) is 0 Å². The Hall–Kier alpha value is -4.04. The number of amides is 1. The number of furan rings is 1. The molecule has 0 radical (unpaired) electrons. The number of thiazole rings is 1. The van der Waals surface area contributed by atoms with Crippen molar-refractivity contribution in [1.29, 1.82) is 0 Å². The minimum absolute atomic E-state index is 0.0214. The minimum Gasteiger partial charge on any atom is -0.503 e. The van der Waals surface area contributed by atoms with Crippen LogP contribution in [0.1, 0.15) is 44.4 Å². The zero-order chi connectivity index (χ0) is 23.3. The molecule has 0 saturated carbocycles. The number of para-hydroxylation sites is 1. The van der Waals surface area contributed by atoms with E-state index in [4.69, 9.17) is 4.42 Å². The summed E-state index contributed by atoms with van der Waals surface area (Å²) in [6, 6.07) is 16.7. The summed E-state index contributed by atoms with van der Waals surface area (Å²) in [6.07, 6.45) is 0. The van der Waals surface area contributed by atoms with Gasteiger partial charge in [-0.3, -0.25) is 19.3 Å². The van der Waals surface area contributed by atoms with Crippen LogP contribution >= 0.6 is 11.3 Å². The molecule has 1 aliphatic heterocycles. The number of hydrogen-bond acceptors (Lipinski definition) is 7. The van der Waals surface area contributed by atoms with Crippen LogP contribution in [0.4, 0.5) is 5.13 Å². The number of aryl methyl sites for hydroxylation is 1. The van der Waals surface area contributed by atoms with E-state index >= 15 is 0 Å². The largest absolute Gasteiger partial charge is 0.503 e. The van der Waals surface area contributed by atoms with E-state index in [0.29, 0.717) is 21.7 Å². The highest BCUT2D eigenvalue weighted by Gasteiger charge is 2.46. The molecule has 1 N–H and O–H groups in total. The van der Waals surface area contributed by atoms with Gasteiger partial charge in [0, 0.05) is 12.3 Å². The number of aromatic nitrogens is 1. The van der Waals surface area contributed by atoms with Crippen molar-refractivity contribution in [1.82, 2.24) is 4.98 Å². The number of fused-ring (bicyclic) bond motifs is 1. The molecule has 0 aliphatic carbocycles. The Bertz CT molecular complexity index is 1430.